The standard InChI is InChI=1S/C23H22F2N6O4/c1-12(27-23(32)33)20(15-6-4-5-7-16(15)24)30-22-17(25)8-13(11-26)21(31-22)28-14-9-18(34-2)29-19(10-14)35-3/h4-10,12,20,27H,1-3H3,(H,32,33)(H2,28,29,30,31)/t12-,20-/m0/s1. The molecule has 0 saturated heterocycles. The van der Waals surface area contributed by atoms with E-state index in [1.165, 1.54) is 51.5 Å². The first-order chi connectivity index (χ1) is 16.7. The quantitative estimate of drug-likeness (QED) is 0.352. The van der Waals surface area contributed by atoms with E-state index in [4.69, 9.17) is 14.6 Å². The number of nitrogens with zero attached hydrogens (tertiary/aromatic N) is 3. The summed E-state index contributed by atoms with van der Waals surface area (Å²) < 4.78 is 39.7. The molecule has 3 aromatic rings. The van der Waals surface area contributed by atoms with Gasteiger partial charge in [-0.25, -0.2) is 18.6 Å². The molecule has 0 aliphatic heterocycles. The van der Waals surface area contributed by atoms with Crippen molar-refractivity contribution in [3.8, 4) is 17.8 Å². The molecule has 35 heavy (non-hydrogen) atoms. The van der Waals surface area contributed by atoms with Crippen LogP contribution in [0.1, 0.15) is 24.1 Å². The third-order valence-corrected chi connectivity index (χ3v) is 4.94. The van der Waals surface area contributed by atoms with Crippen LogP contribution in [0.4, 0.5) is 30.9 Å². The molecule has 2 heterocycles. The normalized spacial score (nSPS) is 12.1. The van der Waals surface area contributed by atoms with Crippen molar-refractivity contribution in [1.29, 1.82) is 5.26 Å². The van der Waals surface area contributed by atoms with E-state index in [2.05, 4.69) is 25.9 Å². The minimum absolute atomic E-state index is 0.0159. The van der Waals surface area contributed by atoms with Crippen molar-refractivity contribution >= 4 is 23.4 Å². The maximum atomic E-state index is 14.9. The number of nitrogens with one attached hydrogen (secondary N) is 3. The minimum atomic E-state index is -1.34. The second-order valence-electron chi connectivity index (χ2n) is 7.27. The number of hydrogen-bond donors (Lipinski definition) is 4. The smallest absolute Gasteiger partial charge is 0.404 e. The van der Waals surface area contributed by atoms with Gasteiger partial charge in [-0.1, -0.05) is 18.2 Å². The van der Waals surface area contributed by atoms with E-state index in [-0.39, 0.29) is 34.5 Å². The number of amides is 1. The highest BCUT2D eigenvalue weighted by Gasteiger charge is 2.26. The molecule has 0 saturated carbocycles. The topological polar surface area (TPSA) is 141 Å². The van der Waals surface area contributed by atoms with Crippen LogP contribution in [0.25, 0.3) is 0 Å². The van der Waals surface area contributed by atoms with Gasteiger partial charge in [0.15, 0.2) is 17.5 Å². The molecule has 1 aromatic carbocycles. The Morgan fingerprint density at radius 3 is 2.29 bits per heavy atom. The summed E-state index contributed by atoms with van der Waals surface area (Å²) in [4.78, 5) is 19.5. The third-order valence-electron chi connectivity index (χ3n) is 4.94. The highest BCUT2D eigenvalue weighted by molar-refractivity contribution is 5.67. The number of carboxylic acid groups (broad SMARTS) is 1. The Morgan fingerprint density at radius 1 is 1.06 bits per heavy atom. The Morgan fingerprint density at radius 2 is 1.71 bits per heavy atom. The Hall–Kier alpha value is -4.66. The number of carbonyl (C=O) groups is 1. The molecule has 12 heteroatoms. The first kappa shape index (κ1) is 25.0. The molecule has 0 radical (unpaired) electrons. The van der Waals surface area contributed by atoms with Crippen molar-refractivity contribution in [3.05, 3.63) is 65.2 Å². The second kappa shape index (κ2) is 11.0. The van der Waals surface area contributed by atoms with Gasteiger partial charge in [-0.3, -0.25) is 0 Å². The largest absolute Gasteiger partial charge is 0.481 e. The Balaban J connectivity index is 2.03. The van der Waals surface area contributed by atoms with Gasteiger partial charge in [0.1, 0.15) is 11.9 Å². The van der Waals surface area contributed by atoms with Crippen LogP contribution in [0.5, 0.6) is 11.8 Å². The van der Waals surface area contributed by atoms with E-state index in [1.807, 2.05) is 6.07 Å². The number of halogens is 2. The number of hydrogen-bond acceptors (Lipinski definition) is 8. The maximum Gasteiger partial charge on any atom is 0.404 e. The molecule has 2 aromatic heterocycles. The molecular formula is C23H22F2N6O4. The lowest BCUT2D eigenvalue weighted by Gasteiger charge is -2.27. The summed E-state index contributed by atoms with van der Waals surface area (Å²) in [6.45, 7) is 1.49. The average molecular weight is 484 g/mol. The number of aromatic nitrogens is 2. The number of nitriles is 1. The predicted octanol–water partition coefficient (Wildman–Crippen LogP) is 4.20. The number of benzene rings is 1. The first-order valence-electron chi connectivity index (χ1n) is 10.2. The zero-order valence-corrected chi connectivity index (χ0v) is 19.0. The molecule has 0 fully saturated rings. The van der Waals surface area contributed by atoms with Gasteiger partial charge in [0.25, 0.3) is 0 Å². The summed E-state index contributed by atoms with van der Waals surface area (Å²) in [7, 11) is 2.83. The van der Waals surface area contributed by atoms with E-state index in [0.29, 0.717) is 5.69 Å². The van der Waals surface area contributed by atoms with E-state index in [1.54, 1.807) is 6.07 Å². The third kappa shape index (κ3) is 6.02. The number of rotatable bonds is 9. The second-order valence-corrected chi connectivity index (χ2v) is 7.27. The van der Waals surface area contributed by atoms with Gasteiger partial charge in [0.05, 0.1) is 37.6 Å². The van der Waals surface area contributed by atoms with Gasteiger partial charge in [-0.15, -0.1) is 0 Å². The molecule has 0 bridgehead atoms. The number of ether oxygens (including phenoxy) is 2. The zero-order valence-electron chi connectivity index (χ0n) is 19.0. The number of anilines is 3. The van der Waals surface area contributed by atoms with Gasteiger partial charge in [-0.05, 0) is 19.1 Å². The van der Waals surface area contributed by atoms with Gasteiger partial charge < -0.3 is 30.5 Å². The molecule has 0 spiro atoms. The van der Waals surface area contributed by atoms with Crippen LogP contribution in [-0.4, -0.2) is 41.4 Å². The summed E-state index contributed by atoms with van der Waals surface area (Å²) in [5.74, 6) is -1.41. The lowest BCUT2D eigenvalue weighted by atomic mass is 9.99. The van der Waals surface area contributed by atoms with Crippen molar-refractivity contribution in [3.63, 3.8) is 0 Å². The Kier molecular flexibility index (Phi) is 7.83. The molecule has 3 rings (SSSR count). The number of methoxy groups -OCH3 is 2. The summed E-state index contributed by atoms with van der Waals surface area (Å²) in [6.07, 6.45) is -1.34. The molecule has 10 nitrogen and oxygen atoms in total. The summed E-state index contributed by atoms with van der Waals surface area (Å²) in [5, 5.41) is 26.5. The monoisotopic (exact) mass is 484 g/mol. The van der Waals surface area contributed by atoms with Gasteiger partial charge in [0.2, 0.25) is 11.8 Å². The molecule has 0 unspecified atom stereocenters. The summed E-state index contributed by atoms with van der Waals surface area (Å²) in [5.41, 5.74) is 0.376. The molecule has 0 aliphatic carbocycles. The molecular weight excluding hydrogens is 462 g/mol. The maximum absolute atomic E-state index is 14.9. The minimum Gasteiger partial charge on any atom is -0.481 e. The van der Waals surface area contributed by atoms with Crippen molar-refractivity contribution in [1.82, 2.24) is 15.3 Å². The van der Waals surface area contributed by atoms with Gasteiger partial charge >= 0.3 is 6.09 Å². The molecule has 182 valence electrons. The van der Waals surface area contributed by atoms with Crippen LogP contribution in [0.3, 0.4) is 0 Å². The van der Waals surface area contributed by atoms with Crippen molar-refractivity contribution in [2.75, 3.05) is 24.9 Å². The van der Waals surface area contributed by atoms with E-state index < -0.39 is 29.8 Å². The van der Waals surface area contributed by atoms with Crippen LogP contribution in [0.2, 0.25) is 0 Å². The summed E-state index contributed by atoms with van der Waals surface area (Å²) in [6, 6.07) is 9.64. The zero-order chi connectivity index (χ0) is 25.5. The van der Waals surface area contributed by atoms with E-state index in [9.17, 15) is 18.8 Å². The molecule has 0 aliphatic rings. The predicted molar refractivity (Wildman–Crippen MR) is 123 cm³/mol. The molecule has 4 N–H and O–H groups in total. The van der Waals surface area contributed by atoms with Crippen LogP contribution < -0.4 is 25.4 Å². The average Bonchev–Trinajstić information content (AvgIpc) is 2.83. The van der Waals surface area contributed by atoms with Crippen LogP contribution in [0, 0.1) is 23.0 Å². The Bertz CT molecular complexity index is 1240. The lowest BCUT2D eigenvalue weighted by molar-refractivity contribution is 0.189. The SMILES string of the molecule is COc1cc(Nc2nc(N[C@H](c3ccccc3F)[C@H](C)NC(=O)O)c(F)cc2C#N)cc(OC)n1. The lowest BCUT2D eigenvalue weighted by Crippen LogP contribution is -2.39. The molecule has 2 atom stereocenters. The van der Waals surface area contributed by atoms with E-state index >= 15 is 0 Å². The van der Waals surface area contributed by atoms with Crippen LogP contribution >= 0.6 is 0 Å². The van der Waals surface area contributed by atoms with Crippen molar-refractivity contribution in [2.24, 2.45) is 0 Å². The molecule has 1 amide bonds. The van der Waals surface area contributed by atoms with Gasteiger partial charge in [0, 0.05) is 17.7 Å². The van der Waals surface area contributed by atoms with Crippen molar-refractivity contribution in [2.45, 2.75) is 19.0 Å². The van der Waals surface area contributed by atoms with Crippen molar-refractivity contribution < 1.29 is 28.2 Å². The fourth-order valence-corrected chi connectivity index (χ4v) is 3.29. The van der Waals surface area contributed by atoms with Gasteiger partial charge in [-0.2, -0.15) is 10.2 Å². The van der Waals surface area contributed by atoms with Crippen LogP contribution in [0.15, 0.2) is 42.5 Å². The highest BCUT2D eigenvalue weighted by atomic mass is 19.1. The number of pyridine rings is 2. The van der Waals surface area contributed by atoms with E-state index in [0.717, 1.165) is 6.07 Å². The summed E-state index contributed by atoms with van der Waals surface area (Å²) >= 11 is 0. The first-order valence-corrected chi connectivity index (χ1v) is 10.2. The van der Waals surface area contributed by atoms with Crippen LogP contribution in [-0.2, 0) is 0 Å². The fourth-order valence-electron chi connectivity index (χ4n) is 3.29. The fraction of sp³-hybridized carbons (Fsp3) is 0.217. The highest BCUT2D eigenvalue weighted by Crippen LogP contribution is 2.30. The Labute approximate surface area is 199 Å².